The Kier molecular flexibility index (Phi) is 7.50. The minimum atomic E-state index is -3.58. The quantitative estimate of drug-likeness (QED) is 0.700. The number of hydrogen-bond donors (Lipinski definition) is 1. The first-order chi connectivity index (χ1) is 14.3. The van der Waals surface area contributed by atoms with Crippen molar-refractivity contribution in [3.8, 4) is 0 Å². The van der Waals surface area contributed by atoms with Gasteiger partial charge in [-0.15, -0.1) is 0 Å². The van der Waals surface area contributed by atoms with E-state index in [9.17, 15) is 13.2 Å². The third-order valence-corrected chi connectivity index (χ3v) is 6.64. The maximum Gasteiger partial charge on any atom is 0.241 e. The number of nitrogens with one attached hydrogen (secondary N) is 1. The molecule has 1 aliphatic heterocycles. The van der Waals surface area contributed by atoms with E-state index >= 15 is 0 Å². The lowest BCUT2D eigenvalue weighted by atomic mass is 10.0. The van der Waals surface area contributed by atoms with Crippen molar-refractivity contribution in [3.63, 3.8) is 0 Å². The number of sulfonamides is 1. The van der Waals surface area contributed by atoms with Crippen molar-refractivity contribution in [3.05, 3.63) is 65.2 Å². The number of rotatable bonds is 8. The predicted octanol–water partition coefficient (Wildman–Crippen LogP) is 3.06. The van der Waals surface area contributed by atoms with Crippen LogP contribution in [0.5, 0.6) is 0 Å². The fraction of sp³-hybridized carbons (Fsp3) is 0.435. The summed E-state index contributed by atoms with van der Waals surface area (Å²) in [6.45, 7) is 5.08. The van der Waals surface area contributed by atoms with Gasteiger partial charge in [0, 0.05) is 13.1 Å². The number of aryl methyl sites for hydroxylation is 1. The van der Waals surface area contributed by atoms with Gasteiger partial charge >= 0.3 is 0 Å². The van der Waals surface area contributed by atoms with E-state index in [4.69, 9.17) is 0 Å². The molecule has 2 aromatic carbocycles. The minimum Gasteiger partial charge on any atom is -0.350 e. The number of hydrogen-bond acceptors (Lipinski definition) is 4. The molecule has 0 atom stereocenters. The van der Waals surface area contributed by atoms with Crippen molar-refractivity contribution in [2.24, 2.45) is 0 Å². The molecule has 30 heavy (non-hydrogen) atoms. The summed E-state index contributed by atoms with van der Waals surface area (Å²) in [5.41, 5.74) is 3.61. The largest absolute Gasteiger partial charge is 0.350 e. The Morgan fingerprint density at radius 2 is 1.63 bits per heavy atom. The molecule has 6 nitrogen and oxygen atoms in total. The van der Waals surface area contributed by atoms with Crippen LogP contribution in [-0.4, -0.2) is 45.1 Å². The number of piperidine rings is 1. The molecule has 1 aliphatic rings. The Balaban J connectivity index is 1.66. The standard InChI is InChI=1S/C23H31N3O3S/c1-19-10-4-7-13-22(19)26(30(2,28)29)18-23(27)24-16-20-11-5-6-12-21(20)17-25-14-8-3-9-15-25/h4-7,10-13H,3,8-9,14-18H2,1-2H3,(H,24,27). The maximum atomic E-state index is 12.6. The van der Waals surface area contributed by atoms with Gasteiger partial charge in [0.15, 0.2) is 0 Å². The highest BCUT2D eigenvalue weighted by Crippen LogP contribution is 2.22. The van der Waals surface area contributed by atoms with E-state index in [0.717, 1.165) is 41.3 Å². The SMILES string of the molecule is Cc1ccccc1N(CC(=O)NCc1ccccc1CN1CCCCC1)S(C)(=O)=O. The molecule has 2 aromatic rings. The van der Waals surface area contributed by atoms with Crippen molar-refractivity contribution in [2.75, 3.05) is 30.2 Å². The van der Waals surface area contributed by atoms with Crippen LogP contribution in [0, 0.1) is 6.92 Å². The third kappa shape index (κ3) is 6.06. The average molecular weight is 430 g/mol. The summed E-state index contributed by atoms with van der Waals surface area (Å²) in [4.78, 5) is 15.1. The van der Waals surface area contributed by atoms with Gasteiger partial charge in [0.05, 0.1) is 11.9 Å². The van der Waals surface area contributed by atoms with E-state index in [1.807, 2.05) is 37.3 Å². The number of anilines is 1. The zero-order valence-corrected chi connectivity index (χ0v) is 18.6. The van der Waals surface area contributed by atoms with Gasteiger partial charge in [-0.3, -0.25) is 14.0 Å². The van der Waals surface area contributed by atoms with Crippen molar-refractivity contribution in [1.82, 2.24) is 10.2 Å². The molecule has 1 heterocycles. The summed E-state index contributed by atoms with van der Waals surface area (Å²) < 4.78 is 25.8. The highest BCUT2D eigenvalue weighted by molar-refractivity contribution is 7.92. The number of benzene rings is 2. The summed E-state index contributed by atoms with van der Waals surface area (Å²) >= 11 is 0. The zero-order chi connectivity index (χ0) is 21.6. The van der Waals surface area contributed by atoms with Crippen LogP contribution in [0.25, 0.3) is 0 Å². The number of para-hydroxylation sites is 1. The molecule has 1 N–H and O–H groups in total. The van der Waals surface area contributed by atoms with Gasteiger partial charge in [-0.05, 0) is 55.6 Å². The third-order valence-electron chi connectivity index (χ3n) is 5.51. The monoisotopic (exact) mass is 429 g/mol. The molecule has 0 aliphatic carbocycles. The van der Waals surface area contributed by atoms with Crippen molar-refractivity contribution in [2.45, 2.75) is 39.3 Å². The lowest BCUT2D eigenvalue weighted by Crippen LogP contribution is -2.40. The molecular formula is C23H31N3O3S. The van der Waals surface area contributed by atoms with Crippen molar-refractivity contribution >= 4 is 21.6 Å². The molecule has 0 bridgehead atoms. The average Bonchev–Trinajstić information content (AvgIpc) is 2.72. The topological polar surface area (TPSA) is 69.7 Å². The number of carbonyl (C=O) groups excluding carboxylic acids is 1. The number of carbonyl (C=O) groups is 1. The highest BCUT2D eigenvalue weighted by atomic mass is 32.2. The maximum absolute atomic E-state index is 12.6. The second kappa shape index (κ2) is 10.1. The lowest BCUT2D eigenvalue weighted by molar-refractivity contribution is -0.119. The van der Waals surface area contributed by atoms with Crippen LogP contribution < -0.4 is 9.62 Å². The first-order valence-corrected chi connectivity index (χ1v) is 12.3. The van der Waals surface area contributed by atoms with E-state index in [-0.39, 0.29) is 12.5 Å². The van der Waals surface area contributed by atoms with Gasteiger partial charge in [0.1, 0.15) is 6.54 Å². The molecule has 1 fully saturated rings. The molecule has 3 rings (SSSR count). The summed E-state index contributed by atoms with van der Waals surface area (Å²) in [7, 11) is -3.58. The smallest absolute Gasteiger partial charge is 0.241 e. The molecular weight excluding hydrogens is 398 g/mol. The molecule has 1 amide bonds. The summed E-state index contributed by atoms with van der Waals surface area (Å²) in [5.74, 6) is -0.323. The first-order valence-electron chi connectivity index (χ1n) is 10.4. The lowest BCUT2D eigenvalue weighted by Gasteiger charge is -2.27. The van der Waals surface area contributed by atoms with Crippen LogP contribution in [0.3, 0.4) is 0 Å². The fourth-order valence-corrected chi connectivity index (χ4v) is 4.76. The minimum absolute atomic E-state index is 0.238. The molecule has 0 saturated carbocycles. The summed E-state index contributed by atoms with van der Waals surface area (Å²) in [6.07, 6.45) is 4.89. The summed E-state index contributed by atoms with van der Waals surface area (Å²) in [6, 6.07) is 15.3. The summed E-state index contributed by atoms with van der Waals surface area (Å²) in [5, 5.41) is 2.90. The van der Waals surface area contributed by atoms with Crippen molar-refractivity contribution < 1.29 is 13.2 Å². The number of nitrogens with zero attached hydrogens (tertiary/aromatic N) is 2. The van der Waals surface area contributed by atoms with E-state index in [1.165, 1.54) is 24.8 Å². The second-order valence-corrected chi connectivity index (χ2v) is 9.85. The van der Waals surface area contributed by atoms with Gasteiger partial charge in [0.25, 0.3) is 0 Å². The highest BCUT2D eigenvalue weighted by Gasteiger charge is 2.22. The van der Waals surface area contributed by atoms with E-state index in [1.54, 1.807) is 12.1 Å². The normalized spacial score (nSPS) is 15.0. The molecule has 0 unspecified atom stereocenters. The zero-order valence-electron chi connectivity index (χ0n) is 17.8. The van der Waals surface area contributed by atoms with Gasteiger partial charge in [-0.1, -0.05) is 48.9 Å². The molecule has 0 radical (unpaired) electrons. The van der Waals surface area contributed by atoms with Gasteiger partial charge in [-0.2, -0.15) is 0 Å². The van der Waals surface area contributed by atoms with Gasteiger partial charge < -0.3 is 5.32 Å². The Hall–Kier alpha value is -2.38. The van der Waals surface area contributed by atoms with Gasteiger partial charge in [-0.25, -0.2) is 8.42 Å². The fourth-order valence-electron chi connectivity index (χ4n) is 3.85. The molecule has 1 saturated heterocycles. The van der Waals surface area contributed by atoms with E-state index < -0.39 is 10.0 Å². The molecule has 7 heteroatoms. The van der Waals surface area contributed by atoms with Crippen LogP contribution >= 0.6 is 0 Å². The van der Waals surface area contributed by atoms with Crippen LogP contribution in [-0.2, 0) is 27.9 Å². The van der Waals surface area contributed by atoms with E-state index in [0.29, 0.717) is 12.2 Å². The Morgan fingerprint density at radius 3 is 2.30 bits per heavy atom. The Bertz CT molecular complexity index is 969. The van der Waals surface area contributed by atoms with E-state index in [2.05, 4.69) is 16.3 Å². The van der Waals surface area contributed by atoms with Crippen molar-refractivity contribution in [1.29, 1.82) is 0 Å². The van der Waals surface area contributed by atoms with Crippen LogP contribution in [0.1, 0.15) is 36.0 Å². The Morgan fingerprint density at radius 1 is 1.00 bits per heavy atom. The second-order valence-electron chi connectivity index (χ2n) is 7.94. The number of amides is 1. The molecule has 162 valence electrons. The van der Waals surface area contributed by atoms with Gasteiger partial charge in [0.2, 0.25) is 15.9 Å². The van der Waals surface area contributed by atoms with Crippen LogP contribution in [0.4, 0.5) is 5.69 Å². The first kappa shape index (κ1) is 22.3. The Labute approximate surface area is 179 Å². The van der Waals surface area contributed by atoms with Crippen LogP contribution in [0.2, 0.25) is 0 Å². The molecule has 0 aromatic heterocycles. The predicted molar refractivity (Wildman–Crippen MR) is 121 cm³/mol. The molecule has 0 spiro atoms. The van der Waals surface area contributed by atoms with Crippen LogP contribution in [0.15, 0.2) is 48.5 Å². The number of likely N-dealkylation sites (tertiary alicyclic amines) is 1.